The second-order valence-corrected chi connectivity index (χ2v) is 4.03. The lowest BCUT2D eigenvalue weighted by Crippen LogP contribution is -2.12. The van der Waals surface area contributed by atoms with Gasteiger partial charge in [0.1, 0.15) is 5.82 Å². The van der Waals surface area contributed by atoms with Gasteiger partial charge in [-0.1, -0.05) is 20.8 Å². The predicted molar refractivity (Wildman–Crippen MR) is 45.1 cm³/mol. The fourth-order valence-corrected chi connectivity index (χ4v) is 0.934. The van der Waals surface area contributed by atoms with Gasteiger partial charge in [-0.05, 0) is 5.41 Å². The summed E-state index contributed by atoms with van der Waals surface area (Å²) < 4.78 is 12.6. The van der Waals surface area contributed by atoms with Crippen molar-refractivity contribution in [3.05, 3.63) is 24.0 Å². The molecule has 0 aliphatic heterocycles. The lowest BCUT2D eigenvalue weighted by molar-refractivity contribution is 0.396. The maximum absolute atomic E-state index is 12.6. The van der Waals surface area contributed by atoms with Crippen molar-refractivity contribution in [1.29, 1.82) is 0 Å². The van der Waals surface area contributed by atoms with E-state index in [4.69, 9.17) is 0 Å². The molecule has 3 heteroatoms. The SMILES string of the molecule is CC(C)(C)Cc1nccc(F)n1. The van der Waals surface area contributed by atoms with Crippen LogP contribution in [0.4, 0.5) is 4.39 Å². The maximum atomic E-state index is 12.6. The summed E-state index contributed by atoms with van der Waals surface area (Å²) in [6.45, 7) is 6.21. The molecule has 0 fully saturated rings. The van der Waals surface area contributed by atoms with Crippen molar-refractivity contribution in [2.45, 2.75) is 27.2 Å². The van der Waals surface area contributed by atoms with Gasteiger partial charge in [0.15, 0.2) is 0 Å². The molecule has 0 aliphatic carbocycles. The fourth-order valence-electron chi connectivity index (χ4n) is 0.934. The van der Waals surface area contributed by atoms with Gasteiger partial charge in [0.2, 0.25) is 5.95 Å². The Morgan fingerprint density at radius 2 is 2.08 bits per heavy atom. The van der Waals surface area contributed by atoms with Crippen molar-refractivity contribution in [2.75, 3.05) is 0 Å². The number of halogens is 1. The van der Waals surface area contributed by atoms with Gasteiger partial charge in [0.05, 0.1) is 0 Å². The van der Waals surface area contributed by atoms with E-state index in [1.165, 1.54) is 12.3 Å². The molecule has 0 N–H and O–H groups in total. The van der Waals surface area contributed by atoms with Gasteiger partial charge in [0.25, 0.3) is 0 Å². The van der Waals surface area contributed by atoms with Crippen LogP contribution in [0.5, 0.6) is 0 Å². The molecular weight excluding hydrogens is 155 g/mol. The van der Waals surface area contributed by atoms with Gasteiger partial charge in [-0.3, -0.25) is 0 Å². The summed E-state index contributed by atoms with van der Waals surface area (Å²) in [7, 11) is 0. The molecule has 66 valence electrons. The Balaban J connectivity index is 2.77. The molecule has 0 amide bonds. The van der Waals surface area contributed by atoms with E-state index < -0.39 is 5.95 Å². The van der Waals surface area contributed by atoms with Gasteiger partial charge < -0.3 is 0 Å². The van der Waals surface area contributed by atoms with Crippen molar-refractivity contribution < 1.29 is 4.39 Å². The van der Waals surface area contributed by atoms with E-state index >= 15 is 0 Å². The third-order valence-corrected chi connectivity index (χ3v) is 1.36. The summed E-state index contributed by atoms with van der Waals surface area (Å²) in [6, 6.07) is 1.26. The zero-order valence-corrected chi connectivity index (χ0v) is 7.63. The molecule has 0 saturated heterocycles. The first-order valence-electron chi connectivity index (χ1n) is 3.95. The molecule has 0 bridgehead atoms. The first-order valence-corrected chi connectivity index (χ1v) is 3.95. The lowest BCUT2D eigenvalue weighted by Gasteiger charge is -2.15. The predicted octanol–water partition coefficient (Wildman–Crippen LogP) is 2.20. The van der Waals surface area contributed by atoms with Gasteiger partial charge in [-0.25, -0.2) is 9.97 Å². The van der Waals surface area contributed by atoms with Crippen molar-refractivity contribution in [1.82, 2.24) is 9.97 Å². The highest BCUT2D eigenvalue weighted by molar-refractivity contribution is 4.93. The van der Waals surface area contributed by atoms with Crippen LogP contribution in [0.1, 0.15) is 26.6 Å². The van der Waals surface area contributed by atoms with E-state index in [9.17, 15) is 4.39 Å². The Labute approximate surface area is 71.9 Å². The molecule has 0 radical (unpaired) electrons. The highest BCUT2D eigenvalue weighted by Crippen LogP contribution is 2.17. The fraction of sp³-hybridized carbons (Fsp3) is 0.556. The standard InChI is InChI=1S/C9H13FN2/c1-9(2,3)6-8-11-5-4-7(10)12-8/h4-5H,6H2,1-3H3. The molecule has 0 unspecified atom stereocenters. The zero-order valence-electron chi connectivity index (χ0n) is 7.63. The molecule has 1 aromatic rings. The molecule has 1 heterocycles. The third kappa shape index (κ3) is 2.95. The number of hydrogen-bond donors (Lipinski definition) is 0. The Morgan fingerprint density at radius 1 is 1.42 bits per heavy atom. The molecule has 12 heavy (non-hydrogen) atoms. The first-order chi connectivity index (χ1) is 5.47. The zero-order chi connectivity index (χ0) is 9.19. The third-order valence-electron chi connectivity index (χ3n) is 1.36. The summed E-state index contributed by atoms with van der Waals surface area (Å²) in [5.74, 6) is 0.117. The minimum atomic E-state index is -0.454. The highest BCUT2D eigenvalue weighted by atomic mass is 19.1. The normalized spacial score (nSPS) is 11.7. The summed E-state index contributed by atoms with van der Waals surface area (Å²) >= 11 is 0. The Morgan fingerprint density at radius 3 is 2.58 bits per heavy atom. The molecule has 1 aromatic heterocycles. The van der Waals surface area contributed by atoms with Gasteiger partial charge in [0, 0.05) is 18.7 Å². The summed E-state index contributed by atoms with van der Waals surface area (Å²) in [5.41, 5.74) is 0.105. The Bertz CT molecular complexity index is 265. The van der Waals surface area contributed by atoms with E-state index in [0.717, 1.165) is 0 Å². The minimum Gasteiger partial charge on any atom is -0.241 e. The van der Waals surface area contributed by atoms with E-state index in [2.05, 4.69) is 30.7 Å². The van der Waals surface area contributed by atoms with E-state index in [0.29, 0.717) is 12.2 Å². The topological polar surface area (TPSA) is 25.8 Å². The van der Waals surface area contributed by atoms with Crippen molar-refractivity contribution in [3.8, 4) is 0 Å². The largest absolute Gasteiger partial charge is 0.241 e. The average molecular weight is 168 g/mol. The lowest BCUT2D eigenvalue weighted by atomic mass is 9.92. The van der Waals surface area contributed by atoms with Crippen LogP contribution in [0.3, 0.4) is 0 Å². The van der Waals surface area contributed by atoms with Crippen LogP contribution in [0, 0.1) is 11.4 Å². The molecule has 2 nitrogen and oxygen atoms in total. The summed E-state index contributed by atoms with van der Waals surface area (Å²) in [4.78, 5) is 7.65. The molecule has 1 rings (SSSR count). The Kier molecular flexibility index (Phi) is 2.40. The van der Waals surface area contributed by atoms with Crippen LogP contribution in [-0.2, 0) is 6.42 Å². The number of nitrogens with zero attached hydrogens (tertiary/aromatic N) is 2. The van der Waals surface area contributed by atoms with E-state index in [-0.39, 0.29) is 5.41 Å². The van der Waals surface area contributed by atoms with Gasteiger partial charge >= 0.3 is 0 Å². The maximum Gasteiger partial charge on any atom is 0.216 e. The van der Waals surface area contributed by atoms with Crippen LogP contribution in [0.25, 0.3) is 0 Å². The molecule has 0 aromatic carbocycles. The van der Waals surface area contributed by atoms with Crippen molar-refractivity contribution >= 4 is 0 Å². The summed E-state index contributed by atoms with van der Waals surface area (Å²) in [6.07, 6.45) is 2.15. The van der Waals surface area contributed by atoms with Crippen molar-refractivity contribution in [3.63, 3.8) is 0 Å². The van der Waals surface area contributed by atoms with Crippen LogP contribution < -0.4 is 0 Å². The van der Waals surface area contributed by atoms with Gasteiger partial charge in [-0.15, -0.1) is 0 Å². The molecule has 0 saturated carbocycles. The van der Waals surface area contributed by atoms with E-state index in [1.54, 1.807) is 0 Å². The summed E-state index contributed by atoms with van der Waals surface area (Å²) in [5, 5.41) is 0. The monoisotopic (exact) mass is 168 g/mol. The molecular formula is C9H13FN2. The number of aromatic nitrogens is 2. The van der Waals surface area contributed by atoms with Crippen LogP contribution in [0.15, 0.2) is 12.3 Å². The second kappa shape index (κ2) is 3.17. The van der Waals surface area contributed by atoms with E-state index in [1.807, 2.05) is 0 Å². The first kappa shape index (κ1) is 9.10. The number of rotatable bonds is 1. The molecule has 0 aliphatic rings. The molecule has 0 spiro atoms. The van der Waals surface area contributed by atoms with Gasteiger partial charge in [-0.2, -0.15) is 4.39 Å². The quantitative estimate of drug-likeness (QED) is 0.601. The van der Waals surface area contributed by atoms with Crippen LogP contribution in [-0.4, -0.2) is 9.97 Å². The Hall–Kier alpha value is -0.990. The highest BCUT2D eigenvalue weighted by Gasteiger charge is 2.13. The second-order valence-electron chi connectivity index (χ2n) is 4.03. The minimum absolute atomic E-state index is 0.105. The smallest absolute Gasteiger partial charge is 0.216 e. The van der Waals surface area contributed by atoms with Crippen LogP contribution >= 0.6 is 0 Å². The van der Waals surface area contributed by atoms with Crippen LogP contribution in [0.2, 0.25) is 0 Å². The van der Waals surface area contributed by atoms with Crippen molar-refractivity contribution in [2.24, 2.45) is 5.41 Å². The number of hydrogen-bond acceptors (Lipinski definition) is 2. The average Bonchev–Trinajstić information content (AvgIpc) is 1.82. The molecule has 0 atom stereocenters.